The molecule has 0 spiro atoms. The Bertz CT molecular complexity index is 314. The summed E-state index contributed by atoms with van der Waals surface area (Å²) >= 11 is 0. The normalized spacial score (nSPS) is 26.0. The third-order valence-electron chi connectivity index (χ3n) is 4.18. The quantitative estimate of drug-likeness (QED) is 0.684. The van der Waals surface area contributed by atoms with Crippen molar-refractivity contribution in [3.63, 3.8) is 0 Å². The number of carbonyl (C=O) groups excluding carboxylic acids is 2. The number of rotatable bonds is 0. The van der Waals surface area contributed by atoms with E-state index in [1.807, 2.05) is 0 Å². The summed E-state index contributed by atoms with van der Waals surface area (Å²) in [7, 11) is 0. The van der Waals surface area contributed by atoms with Gasteiger partial charge in [-0.05, 0) is 31.6 Å². The molecule has 0 aromatic heterocycles. The second-order valence-corrected chi connectivity index (χ2v) is 6.40. The Balaban J connectivity index is 2.27. The summed E-state index contributed by atoms with van der Waals surface area (Å²) in [4.78, 5) is 23.5. The van der Waals surface area contributed by atoms with Gasteiger partial charge in [0, 0.05) is 38.9 Å². The van der Waals surface area contributed by atoms with Crippen LogP contribution in [0.2, 0.25) is 0 Å². The zero-order chi connectivity index (χ0) is 16.0. The molecule has 4 heteroatoms. The smallest absolute Gasteiger partial charge is 0.133 e. The molecule has 1 aliphatic heterocycles. The third kappa shape index (κ3) is 10.9. The maximum Gasteiger partial charge on any atom is 0.133 e. The van der Waals surface area contributed by atoms with Crippen LogP contribution in [-0.4, -0.2) is 38.0 Å². The molecule has 1 rings (SSSR count). The predicted octanol–water partition coefficient (Wildman–Crippen LogP) is 3.71. The summed E-state index contributed by atoms with van der Waals surface area (Å²) in [6.07, 6.45) is 8.40. The zero-order valence-corrected chi connectivity index (χ0v) is 14.1. The van der Waals surface area contributed by atoms with E-state index in [0.717, 1.165) is 38.5 Å². The molecule has 1 unspecified atom stereocenters. The average molecular weight is 312 g/mol. The Morgan fingerprint density at radius 1 is 0.682 bits per heavy atom. The van der Waals surface area contributed by atoms with E-state index in [2.05, 4.69) is 6.92 Å². The largest absolute Gasteiger partial charge is 0.379 e. The molecule has 0 aliphatic carbocycles. The molecule has 1 heterocycles. The predicted molar refractivity (Wildman–Crippen MR) is 87.0 cm³/mol. The van der Waals surface area contributed by atoms with Crippen molar-refractivity contribution in [3.05, 3.63) is 0 Å². The summed E-state index contributed by atoms with van der Waals surface area (Å²) in [5.41, 5.74) is 0. The van der Waals surface area contributed by atoms with E-state index in [4.69, 9.17) is 9.47 Å². The topological polar surface area (TPSA) is 52.6 Å². The van der Waals surface area contributed by atoms with Crippen molar-refractivity contribution in [2.24, 2.45) is 5.92 Å². The second kappa shape index (κ2) is 12.8. The van der Waals surface area contributed by atoms with Gasteiger partial charge in [-0.2, -0.15) is 0 Å². The molecule has 0 aromatic rings. The lowest BCUT2D eigenvalue weighted by Gasteiger charge is -2.10. The van der Waals surface area contributed by atoms with Crippen LogP contribution in [0.3, 0.4) is 0 Å². The first kappa shape index (κ1) is 19.3. The van der Waals surface area contributed by atoms with E-state index in [9.17, 15) is 9.59 Å². The first-order valence-corrected chi connectivity index (χ1v) is 8.87. The van der Waals surface area contributed by atoms with E-state index >= 15 is 0 Å². The summed E-state index contributed by atoms with van der Waals surface area (Å²) < 4.78 is 10.9. The maximum absolute atomic E-state index is 11.8. The maximum atomic E-state index is 11.8. The highest BCUT2D eigenvalue weighted by Crippen LogP contribution is 2.16. The highest BCUT2D eigenvalue weighted by atomic mass is 16.5. The molecular weight excluding hydrogens is 280 g/mol. The lowest BCUT2D eigenvalue weighted by atomic mass is 9.95. The van der Waals surface area contributed by atoms with Crippen LogP contribution in [-0.2, 0) is 19.1 Å². The lowest BCUT2D eigenvalue weighted by Crippen LogP contribution is -2.08. The van der Waals surface area contributed by atoms with Crippen molar-refractivity contribution in [3.8, 4) is 0 Å². The molecule has 0 radical (unpaired) electrons. The SMILES string of the molecule is CC1CCCCC(=O)CCCOCCOCCCC(=O)CC1. The van der Waals surface area contributed by atoms with E-state index in [1.165, 1.54) is 0 Å². The fourth-order valence-corrected chi connectivity index (χ4v) is 2.68. The fourth-order valence-electron chi connectivity index (χ4n) is 2.68. The van der Waals surface area contributed by atoms with Gasteiger partial charge < -0.3 is 9.47 Å². The molecule has 0 aromatic carbocycles. The van der Waals surface area contributed by atoms with Crippen LogP contribution < -0.4 is 0 Å². The number of Topliss-reactive ketones (excluding diaryl/α,β-unsaturated/α-hetero) is 2. The molecule has 0 saturated carbocycles. The van der Waals surface area contributed by atoms with Gasteiger partial charge in [0.25, 0.3) is 0 Å². The van der Waals surface area contributed by atoms with Gasteiger partial charge in [-0.3, -0.25) is 9.59 Å². The number of hydrogen-bond acceptors (Lipinski definition) is 4. The summed E-state index contributed by atoms with van der Waals surface area (Å²) in [5.74, 6) is 1.27. The van der Waals surface area contributed by atoms with Gasteiger partial charge in [-0.15, -0.1) is 0 Å². The van der Waals surface area contributed by atoms with Crippen LogP contribution in [0.25, 0.3) is 0 Å². The monoisotopic (exact) mass is 312 g/mol. The van der Waals surface area contributed by atoms with Crippen LogP contribution in [0, 0.1) is 5.92 Å². The molecule has 1 aliphatic rings. The third-order valence-corrected chi connectivity index (χ3v) is 4.18. The van der Waals surface area contributed by atoms with Gasteiger partial charge in [0.05, 0.1) is 13.2 Å². The van der Waals surface area contributed by atoms with Gasteiger partial charge in [0.1, 0.15) is 11.6 Å². The number of carbonyl (C=O) groups is 2. The van der Waals surface area contributed by atoms with Gasteiger partial charge in [0.15, 0.2) is 0 Å². The van der Waals surface area contributed by atoms with Crippen molar-refractivity contribution < 1.29 is 19.1 Å². The van der Waals surface area contributed by atoms with Crippen molar-refractivity contribution in [2.45, 2.75) is 71.1 Å². The minimum atomic E-state index is 0.347. The Labute approximate surface area is 134 Å². The van der Waals surface area contributed by atoms with E-state index in [-0.39, 0.29) is 0 Å². The van der Waals surface area contributed by atoms with Crippen LogP contribution in [0.15, 0.2) is 0 Å². The molecule has 1 atom stereocenters. The number of hydrogen-bond donors (Lipinski definition) is 0. The fraction of sp³-hybridized carbons (Fsp3) is 0.889. The lowest BCUT2D eigenvalue weighted by molar-refractivity contribution is -0.120. The van der Waals surface area contributed by atoms with Crippen molar-refractivity contribution >= 4 is 11.6 Å². The molecule has 0 amide bonds. The van der Waals surface area contributed by atoms with Crippen LogP contribution >= 0.6 is 0 Å². The Hall–Kier alpha value is -0.740. The number of ether oxygens (including phenoxy) is 2. The first-order valence-electron chi connectivity index (χ1n) is 8.87. The van der Waals surface area contributed by atoms with Crippen molar-refractivity contribution in [2.75, 3.05) is 26.4 Å². The average Bonchev–Trinajstić information content (AvgIpc) is 2.50. The molecule has 1 fully saturated rings. The van der Waals surface area contributed by atoms with Gasteiger partial charge in [-0.25, -0.2) is 0 Å². The van der Waals surface area contributed by atoms with Crippen molar-refractivity contribution in [1.82, 2.24) is 0 Å². The van der Waals surface area contributed by atoms with E-state index in [1.54, 1.807) is 0 Å². The Morgan fingerprint density at radius 3 is 1.86 bits per heavy atom. The van der Waals surface area contributed by atoms with Gasteiger partial charge in [-0.1, -0.05) is 19.8 Å². The zero-order valence-electron chi connectivity index (χ0n) is 14.1. The molecule has 1 saturated heterocycles. The molecule has 0 bridgehead atoms. The number of ketones is 2. The summed E-state index contributed by atoms with van der Waals surface area (Å²) in [5, 5.41) is 0. The molecule has 0 N–H and O–H groups in total. The summed E-state index contributed by atoms with van der Waals surface area (Å²) in [6.45, 7) is 4.60. The van der Waals surface area contributed by atoms with Crippen molar-refractivity contribution in [1.29, 1.82) is 0 Å². The van der Waals surface area contributed by atoms with E-state index < -0.39 is 0 Å². The molecule has 22 heavy (non-hydrogen) atoms. The van der Waals surface area contributed by atoms with Gasteiger partial charge >= 0.3 is 0 Å². The highest BCUT2D eigenvalue weighted by molar-refractivity contribution is 5.78. The van der Waals surface area contributed by atoms with Crippen LogP contribution in [0.1, 0.15) is 71.1 Å². The van der Waals surface area contributed by atoms with Crippen LogP contribution in [0.4, 0.5) is 0 Å². The Kier molecular flexibility index (Phi) is 11.2. The molecule has 128 valence electrons. The van der Waals surface area contributed by atoms with Gasteiger partial charge in [0.2, 0.25) is 0 Å². The van der Waals surface area contributed by atoms with E-state index in [0.29, 0.717) is 69.6 Å². The van der Waals surface area contributed by atoms with Crippen LogP contribution in [0.5, 0.6) is 0 Å². The standard InChI is InChI=1S/C18H32O4/c1-16-6-2-3-7-17(19)8-4-12-21-14-15-22-13-5-9-18(20)11-10-16/h16H,2-15H2,1H3. The first-order chi connectivity index (χ1) is 10.7. The molecule has 4 nitrogen and oxygen atoms in total. The minimum Gasteiger partial charge on any atom is -0.379 e. The Morgan fingerprint density at radius 2 is 1.23 bits per heavy atom. The second-order valence-electron chi connectivity index (χ2n) is 6.40. The highest BCUT2D eigenvalue weighted by Gasteiger charge is 2.08. The summed E-state index contributed by atoms with van der Waals surface area (Å²) in [6, 6.07) is 0. The minimum absolute atomic E-state index is 0.347. The molecular formula is C18H32O4.